The third-order valence-corrected chi connectivity index (χ3v) is 3.41. The van der Waals surface area contributed by atoms with Crippen LogP contribution in [0.25, 0.3) is 0 Å². The first-order valence-electron chi connectivity index (χ1n) is 6.42. The van der Waals surface area contributed by atoms with E-state index in [1.54, 1.807) is 12.1 Å². The number of hydrogen-bond donors (Lipinski definition) is 2. The third-order valence-electron chi connectivity index (χ3n) is 3.11. The lowest BCUT2D eigenvalue weighted by atomic mass is 9.84. The van der Waals surface area contributed by atoms with Crippen LogP contribution >= 0.6 is 11.6 Å². The van der Waals surface area contributed by atoms with Gasteiger partial charge in [-0.05, 0) is 30.4 Å². The van der Waals surface area contributed by atoms with Crippen molar-refractivity contribution in [3.8, 4) is 0 Å². The van der Waals surface area contributed by atoms with E-state index < -0.39 is 5.97 Å². The molecule has 110 valence electrons. The molecule has 1 aromatic rings. The van der Waals surface area contributed by atoms with Crippen LogP contribution in [0, 0.1) is 5.41 Å². The van der Waals surface area contributed by atoms with E-state index in [-0.39, 0.29) is 22.9 Å². The Morgan fingerprint density at radius 2 is 2.10 bits per heavy atom. The maximum atomic E-state index is 11.9. The summed E-state index contributed by atoms with van der Waals surface area (Å²) in [5.74, 6) is -1.07. The van der Waals surface area contributed by atoms with Crippen LogP contribution < -0.4 is 5.32 Å². The molecule has 0 saturated carbocycles. The van der Waals surface area contributed by atoms with Gasteiger partial charge in [0.25, 0.3) is 5.91 Å². The summed E-state index contributed by atoms with van der Waals surface area (Å²) in [5, 5.41) is 11.6. The molecule has 0 radical (unpaired) electrons. The molecule has 2 N–H and O–H groups in total. The summed E-state index contributed by atoms with van der Waals surface area (Å²) in [7, 11) is 0. The highest BCUT2D eigenvalue weighted by molar-refractivity contribution is 6.32. The molecule has 0 bridgehead atoms. The van der Waals surface area contributed by atoms with Crippen molar-refractivity contribution >= 4 is 23.5 Å². The number of hydrogen-bond acceptors (Lipinski definition) is 3. The number of rotatable bonds is 7. The number of nitrogens with one attached hydrogen (secondary N) is 1. The van der Waals surface area contributed by atoms with E-state index in [2.05, 4.69) is 10.3 Å². The molecule has 0 aliphatic rings. The maximum Gasteiger partial charge on any atom is 0.303 e. The summed E-state index contributed by atoms with van der Waals surface area (Å²) in [4.78, 5) is 26.3. The summed E-state index contributed by atoms with van der Waals surface area (Å²) in [6.45, 7) is 4.44. The standard InChI is InChI=1S/C14H19ClN2O3/c1-14(2,6-5-11(18)19)7-9-17-13(20)10-4-3-8-16-12(10)15/h3-4,8H,5-7,9H2,1-2H3,(H,17,20)(H,18,19). The number of pyridine rings is 1. The number of aromatic nitrogens is 1. The molecule has 0 atom stereocenters. The Bertz CT molecular complexity index is 489. The summed E-state index contributed by atoms with van der Waals surface area (Å²) in [6.07, 6.45) is 2.93. The first-order chi connectivity index (χ1) is 9.32. The van der Waals surface area contributed by atoms with Crippen LogP contribution in [0.2, 0.25) is 5.15 Å². The number of amides is 1. The lowest BCUT2D eigenvalue weighted by Gasteiger charge is -2.23. The van der Waals surface area contributed by atoms with Crippen molar-refractivity contribution in [3.63, 3.8) is 0 Å². The fourth-order valence-electron chi connectivity index (χ4n) is 1.74. The summed E-state index contributed by atoms with van der Waals surface area (Å²) in [6, 6.07) is 3.26. The van der Waals surface area contributed by atoms with Crippen molar-refractivity contribution in [1.29, 1.82) is 0 Å². The molecule has 0 aliphatic heterocycles. The van der Waals surface area contributed by atoms with Gasteiger partial charge in [0.05, 0.1) is 5.56 Å². The van der Waals surface area contributed by atoms with Gasteiger partial charge in [0.2, 0.25) is 0 Å². The van der Waals surface area contributed by atoms with Crippen molar-refractivity contribution in [2.24, 2.45) is 5.41 Å². The number of carboxylic acid groups (broad SMARTS) is 1. The predicted octanol–water partition coefficient (Wildman–Crippen LogP) is 2.75. The molecule has 5 nitrogen and oxygen atoms in total. The zero-order valence-corrected chi connectivity index (χ0v) is 12.4. The minimum Gasteiger partial charge on any atom is -0.481 e. The second kappa shape index (κ2) is 7.24. The van der Waals surface area contributed by atoms with Gasteiger partial charge in [-0.3, -0.25) is 9.59 Å². The van der Waals surface area contributed by atoms with E-state index in [0.29, 0.717) is 24.9 Å². The van der Waals surface area contributed by atoms with Crippen molar-refractivity contribution in [3.05, 3.63) is 29.0 Å². The van der Waals surface area contributed by atoms with E-state index >= 15 is 0 Å². The monoisotopic (exact) mass is 298 g/mol. The number of carboxylic acids is 1. The molecule has 0 saturated heterocycles. The minimum atomic E-state index is -0.802. The van der Waals surface area contributed by atoms with Gasteiger partial charge in [0.15, 0.2) is 0 Å². The quantitative estimate of drug-likeness (QED) is 0.759. The highest BCUT2D eigenvalue weighted by Gasteiger charge is 2.19. The van der Waals surface area contributed by atoms with Crippen LogP contribution in [0.3, 0.4) is 0 Å². The first-order valence-corrected chi connectivity index (χ1v) is 6.80. The van der Waals surface area contributed by atoms with E-state index in [4.69, 9.17) is 16.7 Å². The Hall–Kier alpha value is -1.62. The van der Waals surface area contributed by atoms with Gasteiger partial charge >= 0.3 is 5.97 Å². The van der Waals surface area contributed by atoms with Crippen molar-refractivity contribution in [2.45, 2.75) is 33.1 Å². The van der Waals surface area contributed by atoms with Gasteiger partial charge < -0.3 is 10.4 Å². The van der Waals surface area contributed by atoms with Crippen molar-refractivity contribution in [2.75, 3.05) is 6.54 Å². The molecule has 0 aromatic carbocycles. The molecular weight excluding hydrogens is 280 g/mol. The van der Waals surface area contributed by atoms with Gasteiger partial charge in [-0.2, -0.15) is 0 Å². The minimum absolute atomic E-state index is 0.134. The Balaban J connectivity index is 2.42. The molecule has 1 amide bonds. The second-order valence-electron chi connectivity index (χ2n) is 5.41. The average molecular weight is 299 g/mol. The van der Waals surface area contributed by atoms with Crippen LogP contribution in [0.4, 0.5) is 0 Å². The zero-order chi connectivity index (χ0) is 15.2. The number of aliphatic carboxylic acids is 1. The smallest absolute Gasteiger partial charge is 0.303 e. The van der Waals surface area contributed by atoms with Crippen molar-refractivity contribution in [1.82, 2.24) is 10.3 Å². The fraction of sp³-hybridized carbons (Fsp3) is 0.500. The van der Waals surface area contributed by atoms with E-state index in [1.165, 1.54) is 6.20 Å². The number of nitrogens with zero attached hydrogens (tertiary/aromatic N) is 1. The SMILES string of the molecule is CC(C)(CCNC(=O)c1cccnc1Cl)CCC(=O)O. The van der Waals surface area contributed by atoms with Crippen LogP contribution in [0.1, 0.15) is 43.5 Å². The van der Waals surface area contributed by atoms with E-state index in [1.807, 2.05) is 13.8 Å². The van der Waals surface area contributed by atoms with Gasteiger partial charge in [0, 0.05) is 19.2 Å². The number of carbonyl (C=O) groups excluding carboxylic acids is 1. The Kier molecular flexibility index (Phi) is 5.95. The number of halogens is 1. The van der Waals surface area contributed by atoms with Crippen molar-refractivity contribution < 1.29 is 14.7 Å². The van der Waals surface area contributed by atoms with E-state index in [0.717, 1.165) is 0 Å². The number of carbonyl (C=O) groups is 2. The fourth-order valence-corrected chi connectivity index (χ4v) is 1.94. The summed E-state index contributed by atoms with van der Waals surface area (Å²) >= 11 is 5.84. The molecule has 0 spiro atoms. The highest BCUT2D eigenvalue weighted by Crippen LogP contribution is 2.26. The summed E-state index contributed by atoms with van der Waals surface area (Å²) in [5.41, 5.74) is 0.210. The van der Waals surface area contributed by atoms with Gasteiger partial charge in [0.1, 0.15) is 5.15 Å². The maximum absolute atomic E-state index is 11.9. The third kappa shape index (κ3) is 5.57. The lowest BCUT2D eigenvalue weighted by molar-refractivity contribution is -0.137. The Morgan fingerprint density at radius 1 is 1.40 bits per heavy atom. The molecule has 1 rings (SSSR count). The zero-order valence-electron chi connectivity index (χ0n) is 11.6. The van der Waals surface area contributed by atoms with Gasteiger partial charge in [-0.25, -0.2) is 4.98 Å². The highest BCUT2D eigenvalue weighted by atomic mass is 35.5. The Morgan fingerprint density at radius 3 is 2.70 bits per heavy atom. The molecule has 20 heavy (non-hydrogen) atoms. The Labute approximate surface area is 123 Å². The van der Waals surface area contributed by atoms with Gasteiger partial charge in [-0.1, -0.05) is 25.4 Å². The van der Waals surface area contributed by atoms with Crippen LogP contribution in [0.15, 0.2) is 18.3 Å². The van der Waals surface area contributed by atoms with Gasteiger partial charge in [-0.15, -0.1) is 0 Å². The molecule has 1 aromatic heterocycles. The van der Waals surface area contributed by atoms with E-state index in [9.17, 15) is 9.59 Å². The van der Waals surface area contributed by atoms with Crippen LogP contribution in [-0.4, -0.2) is 28.5 Å². The molecule has 0 unspecified atom stereocenters. The summed E-state index contributed by atoms with van der Waals surface area (Å²) < 4.78 is 0. The largest absolute Gasteiger partial charge is 0.481 e. The molecular formula is C14H19ClN2O3. The van der Waals surface area contributed by atoms with Crippen LogP contribution in [0.5, 0.6) is 0 Å². The molecule has 0 fully saturated rings. The molecule has 6 heteroatoms. The predicted molar refractivity (Wildman–Crippen MR) is 76.8 cm³/mol. The first kappa shape index (κ1) is 16.4. The second-order valence-corrected chi connectivity index (χ2v) is 5.76. The lowest BCUT2D eigenvalue weighted by Crippen LogP contribution is -2.28. The topological polar surface area (TPSA) is 79.3 Å². The average Bonchev–Trinajstić information content (AvgIpc) is 2.37. The molecule has 1 heterocycles. The molecule has 0 aliphatic carbocycles. The normalized spacial score (nSPS) is 11.2. The van der Waals surface area contributed by atoms with Crippen LogP contribution in [-0.2, 0) is 4.79 Å².